The minimum Gasteiger partial charge on any atom is -0.0852 e. The third-order valence-corrected chi connectivity index (χ3v) is 11.0. The van der Waals surface area contributed by atoms with Crippen LogP contribution in [0.25, 0.3) is 0 Å². The van der Waals surface area contributed by atoms with E-state index < -0.39 is 0 Å². The first kappa shape index (κ1) is 23.4. The van der Waals surface area contributed by atoms with E-state index in [4.69, 9.17) is 0 Å². The quantitative estimate of drug-likeness (QED) is 0.387. The molecule has 4 aliphatic rings. The predicted octanol–water partition coefficient (Wildman–Crippen LogP) is 9.24. The van der Waals surface area contributed by atoms with Gasteiger partial charge >= 0.3 is 0 Å². The molecule has 8 atom stereocenters. The minimum atomic E-state index is 0.451. The van der Waals surface area contributed by atoms with Gasteiger partial charge in [0.05, 0.1) is 0 Å². The lowest BCUT2D eigenvalue weighted by Crippen LogP contribution is -2.46. The Hall–Kier alpha value is -0.780. The largest absolute Gasteiger partial charge is 0.0852 e. The SMILES string of the molecule is CC(C)[C@H]1CC[C@@]2(C)C(=CC=C3[C@@H]4CC[C@H]([C@H](C)/C=C/[C@H](C)C(C)C)[C@@]4(C)CC[C@@H]32)C1. The van der Waals surface area contributed by atoms with Crippen molar-refractivity contribution in [2.75, 3.05) is 0 Å². The first-order valence-electron chi connectivity index (χ1n) is 13.7. The summed E-state index contributed by atoms with van der Waals surface area (Å²) in [5.41, 5.74) is 4.61. The molecule has 0 aromatic rings. The lowest BCUT2D eigenvalue weighted by molar-refractivity contribution is 0.0505. The summed E-state index contributed by atoms with van der Waals surface area (Å²) in [4.78, 5) is 0. The smallest absolute Gasteiger partial charge is 0.00474 e. The second-order valence-electron chi connectivity index (χ2n) is 13.2. The molecule has 0 nitrogen and oxygen atoms in total. The van der Waals surface area contributed by atoms with Crippen molar-refractivity contribution in [3.63, 3.8) is 0 Å². The van der Waals surface area contributed by atoms with E-state index in [1.807, 2.05) is 5.57 Å². The molecule has 4 rings (SSSR count). The Bertz CT molecular complexity index is 748. The molecular weight excluding hydrogens is 372 g/mol. The average Bonchev–Trinajstić information content (AvgIpc) is 3.08. The molecule has 0 heteroatoms. The molecule has 3 fully saturated rings. The van der Waals surface area contributed by atoms with Gasteiger partial charge in [0.1, 0.15) is 0 Å². The van der Waals surface area contributed by atoms with Gasteiger partial charge in [0.25, 0.3) is 0 Å². The molecule has 0 bridgehead atoms. The van der Waals surface area contributed by atoms with E-state index >= 15 is 0 Å². The van der Waals surface area contributed by atoms with Crippen LogP contribution in [-0.2, 0) is 0 Å². The van der Waals surface area contributed by atoms with Crippen LogP contribution < -0.4 is 0 Å². The summed E-state index contributed by atoms with van der Waals surface area (Å²) in [5, 5.41) is 0. The van der Waals surface area contributed by atoms with E-state index in [0.717, 1.165) is 35.5 Å². The fourth-order valence-corrected chi connectivity index (χ4v) is 8.21. The van der Waals surface area contributed by atoms with Gasteiger partial charge in [0.2, 0.25) is 0 Å². The van der Waals surface area contributed by atoms with E-state index in [1.54, 1.807) is 5.57 Å². The number of fused-ring (bicyclic) bond motifs is 5. The van der Waals surface area contributed by atoms with Crippen LogP contribution >= 0.6 is 0 Å². The Morgan fingerprint density at radius 3 is 2.26 bits per heavy atom. The van der Waals surface area contributed by atoms with Crippen molar-refractivity contribution in [2.24, 2.45) is 58.2 Å². The summed E-state index contributed by atoms with van der Waals surface area (Å²) in [6, 6.07) is 0. The molecule has 3 saturated carbocycles. The molecule has 0 radical (unpaired) electrons. The molecule has 0 aromatic heterocycles. The van der Waals surface area contributed by atoms with Crippen molar-refractivity contribution >= 4 is 0 Å². The van der Waals surface area contributed by atoms with Crippen LogP contribution in [0.5, 0.6) is 0 Å². The second kappa shape index (κ2) is 8.53. The van der Waals surface area contributed by atoms with Crippen LogP contribution in [0.1, 0.15) is 100 Å². The number of hydrogen-bond donors (Lipinski definition) is 0. The molecule has 0 aromatic carbocycles. The van der Waals surface area contributed by atoms with Gasteiger partial charge in [-0.3, -0.25) is 0 Å². The van der Waals surface area contributed by atoms with E-state index in [-0.39, 0.29) is 0 Å². The summed E-state index contributed by atoms with van der Waals surface area (Å²) in [6.07, 6.45) is 20.3. The van der Waals surface area contributed by atoms with Crippen molar-refractivity contribution in [1.29, 1.82) is 0 Å². The van der Waals surface area contributed by atoms with E-state index in [9.17, 15) is 0 Å². The lowest BCUT2D eigenvalue weighted by Gasteiger charge is -2.55. The topological polar surface area (TPSA) is 0 Å². The van der Waals surface area contributed by atoms with Gasteiger partial charge in [-0.15, -0.1) is 0 Å². The fraction of sp³-hybridized carbons (Fsp3) is 0.806. The Morgan fingerprint density at radius 1 is 0.839 bits per heavy atom. The summed E-state index contributed by atoms with van der Waals surface area (Å²) in [5.74, 6) is 6.37. The highest BCUT2D eigenvalue weighted by molar-refractivity contribution is 5.38. The molecule has 0 saturated heterocycles. The number of rotatable bonds is 5. The molecule has 0 heterocycles. The third kappa shape index (κ3) is 3.93. The Labute approximate surface area is 194 Å². The first-order chi connectivity index (χ1) is 14.6. The first-order valence-corrected chi connectivity index (χ1v) is 13.7. The van der Waals surface area contributed by atoms with Crippen LogP contribution in [-0.4, -0.2) is 0 Å². The zero-order chi connectivity index (χ0) is 22.6. The summed E-state index contributed by atoms with van der Waals surface area (Å²) in [6.45, 7) is 19.8. The van der Waals surface area contributed by atoms with Crippen LogP contribution in [0, 0.1) is 58.2 Å². The van der Waals surface area contributed by atoms with Gasteiger partial charge in [-0.1, -0.05) is 90.8 Å². The van der Waals surface area contributed by atoms with Gasteiger partial charge in [-0.25, -0.2) is 0 Å². The molecule has 174 valence electrons. The van der Waals surface area contributed by atoms with Crippen molar-refractivity contribution in [2.45, 2.75) is 100 Å². The predicted molar refractivity (Wildman–Crippen MR) is 136 cm³/mol. The van der Waals surface area contributed by atoms with Crippen molar-refractivity contribution in [3.8, 4) is 0 Å². The van der Waals surface area contributed by atoms with Gasteiger partial charge in [-0.05, 0) is 103 Å². The highest BCUT2D eigenvalue weighted by atomic mass is 14.6. The van der Waals surface area contributed by atoms with Crippen molar-refractivity contribution < 1.29 is 0 Å². The van der Waals surface area contributed by atoms with Crippen molar-refractivity contribution in [3.05, 3.63) is 35.5 Å². The van der Waals surface area contributed by atoms with E-state index in [2.05, 4.69) is 79.7 Å². The molecule has 31 heavy (non-hydrogen) atoms. The molecule has 0 spiro atoms. The molecule has 4 aliphatic carbocycles. The molecular formula is C31H50. The molecule has 0 aliphatic heterocycles. The maximum absolute atomic E-state index is 2.67. The number of allylic oxidation sites excluding steroid dienone is 6. The third-order valence-electron chi connectivity index (χ3n) is 11.0. The van der Waals surface area contributed by atoms with Crippen LogP contribution in [0.3, 0.4) is 0 Å². The van der Waals surface area contributed by atoms with Crippen LogP contribution in [0.2, 0.25) is 0 Å². The van der Waals surface area contributed by atoms with Crippen molar-refractivity contribution in [1.82, 2.24) is 0 Å². The summed E-state index contributed by atoms with van der Waals surface area (Å²) < 4.78 is 0. The zero-order valence-electron chi connectivity index (χ0n) is 21.9. The molecule has 0 amide bonds. The van der Waals surface area contributed by atoms with Gasteiger partial charge in [0, 0.05) is 0 Å². The molecule has 0 N–H and O–H groups in total. The standard InChI is InChI=1S/C31H50/c1-20(2)22(5)9-10-23(6)27-13-14-28-26-12-11-25-19-24(21(3)4)15-17-30(25,7)29(26)16-18-31(27,28)8/h9-12,20-24,27-29H,13-19H2,1-8H3/b10-9+/t22-,23+,24-,27+,28-,29-,30-,31+/m0/s1. The Kier molecular flexibility index (Phi) is 6.44. The maximum atomic E-state index is 2.67. The summed E-state index contributed by atoms with van der Waals surface area (Å²) >= 11 is 0. The van der Waals surface area contributed by atoms with Crippen LogP contribution in [0.4, 0.5) is 0 Å². The lowest BCUT2D eigenvalue weighted by atomic mass is 9.49. The van der Waals surface area contributed by atoms with E-state index in [0.29, 0.717) is 22.7 Å². The van der Waals surface area contributed by atoms with Gasteiger partial charge in [-0.2, -0.15) is 0 Å². The average molecular weight is 423 g/mol. The monoisotopic (exact) mass is 422 g/mol. The minimum absolute atomic E-state index is 0.451. The Balaban J connectivity index is 1.56. The maximum Gasteiger partial charge on any atom is -0.00474 e. The summed E-state index contributed by atoms with van der Waals surface area (Å²) in [7, 11) is 0. The fourth-order valence-electron chi connectivity index (χ4n) is 8.21. The van der Waals surface area contributed by atoms with Gasteiger partial charge in [0.15, 0.2) is 0 Å². The normalized spacial score (nSPS) is 42.1. The highest BCUT2D eigenvalue weighted by Gasteiger charge is 2.56. The number of hydrogen-bond acceptors (Lipinski definition) is 0. The zero-order valence-corrected chi connectivity index (χ0v) is 21.9. The van der Waals surface area contributed by atoms with Gasteiger partial charge < -0.3 is 0 Å². The highest BCUT2D eigenvalue weighted by Crippen LogP contribution is 2.66. The second-order valence-corrected chi connectivity index (χ2v) is 13.2. The van der Waals surface area contributed by atoms with E-state index in [1.165, 1.54) is 44.9 Å². The van der Waals surface area contributed by atoms with Crippen LogP contribution in [0.15, 0.2) is 35.5 Å². The Morgan fingerprint density at radius 2 is 1.58 bits per heavy atom. The molecule has 0 unspecified atom stereocenters.